The van der Waals surface area contributed by atoms with Crippen molar-refractivity contribution >= 4 is 5.91 Å². The van der Waals surface area contributed by atoms with Gasteiger partial charge in [-0.15, -0.1) is 0 Å². The van der Waals surface area contributed by atoms with Crippen LogP contribution in [0.3, 0.4) is 0 Å². The van der Waals surface area contributed by atoms with E-state index in [4.69, 9.17) is 4.98 Å². The molecule has 1 saturated heterocycles. The maximum absolute atomic E-state index is 12.8. The van der Waals surface area contributed by atoms with E-state index in [0.717, 1.165) is 43.7 Å². The van der Waals surface area contributed by atoms with Crippen LogP contribution in [0.15, 0.2) is 73.1 Å². The first-order valence-corrected chi connectivity index (χ1v) is 9.48. The molecular weight excluding hydrogens is 334 g/mol. The molecule has 1 unspecified atom stereocenters. The Bertz CT molecular complexity index is 896. The van der Waals surface area contributed by atoms with Crippen molar-refractivity contribution in [3.8, 4) is 0 Å². The molecule has 0 spiro atoms. The van der Waals surface area contributed by atoms with Crippen molar-refractivity contribution in [1.82, 2.24) is 14.9 Å². The molecule has 0 N–H and O–H groups in total. The van der Waals surface area contributed by atoms with Gasteiger partial charge in [0, 0.05) is 54.8 Å². The molecule has 1 amide bonds. The van der Waals surface area contributed by atoms with Crippen LogP contribution in [0, 0.1) is 0 Å². The molecule has 1 aliphatic heterocycles. The normalized spacial score (nSPS) is 16.9. The Hall–Kier alpha value is -3.01. The number of hydrogen-bond acceptors (Lipinski definition) is 3. The van der Waals surface area contributed by atoms with Crippen molar-refractivity contribution in [3.63, 3.8) is 0 Å². The maximum Gasteiger partial charge on any atom is 0.253 e. The quantitative estimate of drug-likeness (QED) is 0.707. The Morgan fingerprint density at radius 2 is 1.81 bits per heavy atom. The number of nitrogens with zero attached hydrogens (tertiary/aromatic N) is 3. The number of likely N-dealkylation sites (tertiary alicyclic amines) is 1. The van der Waals surface area contributed by atoms with Crippen molar-refractivity contribution in [2.75, 3.05) is 13.1 Å². The Labute approximate surface area is 159 Å². The van der Waals surface area contributed by atoms with E-state index in [1.807, 2.05) is 11.0 Å². The van der Waals surface area contributed by atoms with Crippen LogP contribution in [-0.2, 0) is 6.42 Å². The zero-order chi connectivity index (χ0) is 18.5. The lowest BCUT2D eigenvalue weighted by molar-refractivity contribution is 0.0705. The molecule has 0 saturated carbocycles. The zero-order valence-corrected chi connectivity index (χ0v) is 15.3. The number of pyridine rings is 2. The van der Waals surface area contributed by atoms with Gasteiger partial charge >= 0.3 is 0 Å². The first-order valence-electron chi connectivity index (χ1n) is 9.48. The van der Waals surface area contributed by atoms with Gasteiger partial charge in [-0.1, -0.05) is 36.4 Å². The molecule has 4 rings (SSSR count). The summed E-state index contributed by atoms with van der Waals surface area (Å²) in [7, 11) is 0. The van der Waals surface area contributed by atoms with Crippen LogP contribution in [0.5, 0.6) is 0 Å². The van der Waals surface area contributed by atoms with E-state index in [2.05, 4.69) is 47.4 Å². The lowest BCUT2D eigenvalue weighted by Crippen LogP contribution is -2.39. The number of benzene rings is 1. The van der Waals surface area contributed by atoms with E-state index < -0.39 is 0 Å². The fraction of sp³-hybridized carbons (Fsp3) is 0.261. The van der Waals surface area contributed by atoms with E-state index in [1.54, 1.807) is 24.5 Å². The maximum atomic E-state index is 12.8. The average Bonchev–Trinajstić information content (AvgIpc) is 2.75. The molecule has 1 aliphatic rings. The first-order chi connectivity index (χ1) is 13.3. The largest absolute Gasteiger partial charge is 0.338 e. The van der Waals surface area contributed by atoms with Gasteiger partial charge in [-0.2, -0.15) is 0 Å². The summed E-state index contributed by atoms with van der Waals surface area (Å²) in [4.78, 5) is 23.6. The summed E-state index contributed by atoms with van der Waals surface area (Å²) in [6.45, 7) is 1.53. The first kappa shape index (κ1) is 17.4. The Kier molecular flexibility index (Phi) is 5.24. The summed E-state index contributed by atoms with van der Waals surface area (Å²) < 4.78 is 0. The number of hydrogen-bond donors (Lipinski definition) is 0. The fourth-order valence-corrected chi connectivity index (χ4v) is 3.71. The number of carbonyl (C=O) groups excluding carboxylic acids is 1. The van der Waals surface area contributed by atoms with Crippen LogP contribution < -0.4 is 0 Å². The molecule has 2 aromatic heterocycles. The molecule has 4 heteroatoms. The van der Waals surface area contributed by atoms with E-state index in [0.29, 0.717) is 11.5 Å². The summed E-state index contributed by atoms with van der Waals surface area (Å²) in [5.74, 6) is 0.378. The third-order valence-corrected chi connectivity index (χ3v) is 5.11. The molecule has 1 fully saturated rings. The van der Waals surface area contributed by atoms with Gasteiger partial charge < -0.3 is 4.90 Å². The van der Waals surface area contributed by atoms with Crippen molar-refractivity contribution < 1.29 is 4.79 Å². The van der Waals surface area contributed by atoms with Gasteiger partial charge in [-0.3, -0.25) is 14.8 Å². The second-order valence-corrected chi connectivity index (χ2v) is 7.04. The SMILES string of the molecule is O=C(c1ccncc1)N1CCCC(c2cccc(Cc3ccccc3)n2)C1. The van der Waals surface area contributed by atoms with Gasteiger partial charge in [0.1, 0.15) is 0 Å². The van der Waals surface area contributed by atoms with Crippen molar-refractivity contribution in [2.45, 2.75) is 25.2 Å². The predicted octanol–water partition coefficient (Wildman–Crippen LogP) is 4.09. The van der Waals surface area contributed by atoms with Gasteiger partial charge in [-0.25, -0.2) is 0 Å². The lowest BCUT2D eigenvalue weighted by atomic mass is 9.93. The van der Waals surface area contributed by atoms with Crippen molar-refractivity contribution in [1.29, 1.82) is 0 Å². The monoisotopic (exact) mass is 357 g/mol. The highest BCUT2D eigenvalue weighted by molar-refractivity contribution is 5.94. The summed E-state index contributed by atoms with van der Waals surface area (Å²) in [6.07, 6.45) is 6.25. The zero-order valence-electron chi connectivity index (χ0n) is 15.3. The molecule has 3 aromatic rings. The highest BCUT2D eigenvalue weighted by atomic mass is 16.2. The fourth-order valence-electron chi connectivity index (χ4n) is 3.71. The second kappa shape index (κ2) is 8.12. The molecule has 0 aliphatic carbocycles. The van der Waals surface area contributed by atoms with Gasteiger partial charge in [0.25, 0.3) is 5.91 Å². The van der Waals surface area contributed by atoms with Gasteiger partial charge in [0.15, 0.2) is 0 Å². The lowest BCUT2D eigenvalue weighted by Gasteiger charge is -2.32. The van der Waals surface area contributed by atoms with Gasteiger partial charge in [0.05, 0.1) is 0 Å². The third kappa shape index (κ3) is 4.22. The predicted molar refractivity (Wildman–Crippen MR) is 106 cm³/mol. The average molecular weight is 357 g/mol. The molecule has 136 valence electrons. The van der Waals surface area contributed by atoms with E-state index in [1.165, 1.54) is 5.56 Å². The van der Waals surface area contributed by atoms with E-state index >= 15 is 0 Å². The number of piperidine rings is 1. The molecule has 1 atom stereocenters. The number of aromatic nitrogens is 2. The third-order valence-electron chi connectivity index (χ3n) is 5.11. The van der Waals surface area contributed by atoms with Crippen LogP contribution in [-0.4, -0.2) is 33.9 Å². The van der Waals surface area contributed by atoms with Crippen LogP contribution >= 0.6 is 0 Å². The van der Waals surface area contributed by atoms with E-state index in [-0.39, 0.29) is 5.91 Å². The van der Waals surface area contributed by atoms with Crippen LogP contribution in [0.4, 0.5) is 0 Å². The number of amides is 1. The molecule has 0 bridgehead atoms. The minimum Gasteiger partial charge on any atom is -0.338 e. The van der Waals surface area contributed by atoms with Gasteiger partial charge in [-0.05, 0) is 42.7 Å². The second-order valence-electron chi connectivity index (χ2n) is 7.04. The van der Waals surface area contributed by atoms with Crippen LogP contribution in [0.1, 0.15) is 46.1 Å². The van der Waals surface area contributed by atoms with Crippen LogP contribution in [0.25, 0.3) is 0 Å². The topological polar surface area (TPSA) is 46.1 Å². The highest BCUT2D eigenvalue weighted by Gasteiger charge is 2.26. The molecule has 3 heterocycles. The molecule has 4 nitrogen and oxygen atoms in total. The summed E-state index contributed by atoms with van der Waals surface area (Å²) >= 11 is 0. The standard InChI is InChI=1S/C23H23N3O/c27-23(19-11-13-24-14-12-19)26-15-5-8-20(17-26)22-10-4-9-21(25-22)16-18-6-2-1-3-7-18/h1-4,6-7,9-14,20H,5,8,15-17H2. The van der Waals surface area contributed by atoms with Crippen LogP contribution in [0.2, 0.25) is 0 Å². The molecular formula is C23H23N3O. The molecule has 1 aromatic carbocycles. The summed E-state index contributed by atoms with van der Waals surface area (Å²) in [5, 5.41) is 0. The van der Waals surface area contributed by atoms with Gasteiger partial charge in [0.2, 0.25) is 0 Å². The van der Waals surface area contributed by atoms with Crippen molar-refractivity contribution in [3.05, 3.63) is 95.6 Å². The van der Waals surface area contributed by atoms with Crippen molar-refractivity contribution in [2.24, 2.45) is 0 Å². The molecule has 27 heavy (non-hydrogen) atoms. The Balaban J connectivity index is 1.48. The summed E-state index contributed by atoms with van der Waals surface area (Å²) in [5.41, 5.74) is 4.14. The molecule has 0 radical (unpaired) electrons. The number of rotatable bonds is 4. The Morgan fingerprint density at radius 1 is 1.00 bits per heavy atom. The smallest absolute Gasteiger partial charge is 0.253 e. The highest BCUT2D eigenvalue weighted by Crippen LogP contribution is 2.27. The Morgan fingerprint density at radius 3 is 2.63 bits per heavy atom. The van der Waals surface area contributed by atoms with E-state index in [9.17, 15) is 4.79 Å². The minimum absolute atomic E-state index is 0.0857. The summed E-state index contributed by atoms with van der Waals surface area (Å²) in [6, 6.07) is 20.2. The minimum atomic E-state index is 0.0857. The number of carbonyl (C=O) groups is 1.